The van der Waals surface area contributed by atoms with Crippen molar-refractivity contribution in [2.24, 2.45) is 0 Å². The van der Waals surface area contributed by atoms with Crippen molar-refractivity contribution in [3.63, 3.8) is 0 Å². The number of aromatic nitrogens is 2. The van der Waals surface area contributed by atoms with Crippen LogP contribution in [0.5, 0.6) is 0 Å². The minimum atomic E-state index is -1.79. The van der Waals surface area contributed by atoms with Gasteiger partial charge in [-0.3, -0.25) is 9.97 Å². The Balaban J connectivity index is 1.76. The van der Waals surface area contributed by atoms with Crippen molar-refractivity contribution in [2.45, 2.75) is 26.1 Å². The Hall–Kier alpha value is -3.46. The van der Waals surface area contributed by atoms with Gasteiger partial charge in [0.25, 0.3) is 0 Å². The van der Waals surface area contributed by atoms with E-state index in [-0.39, 0.29) is 0 Å². The van der Waals surface area contributed by atoms with Crippen molar-refractivity contribution in [3.8, 4) is 11.3 Å². The number of fused-ring (bicyclic) bond motifs is 3. The van der Waals surface area contributed by atoms with Crippen LogP contribution in [0.3, 0.4) is 0 Å². The average Bonchev–Trinajstić information content (AvgIpc) is 3.18. The second-order valence-electron chi connectivity index (χ2n) is 7.24. The molecule has 0 spiro atoms. The highest BCUT2D eigenvalue weighted by Gasteiger charge is 2.16. The first-order chi connectivity index (χ1) is 15.3. The number of rotatable bonds is 4. The number of nitrogens with zero attached hydrogens (tertiary/aromatic N) is 2. The van der Waals surface area contributed by atoms with E-state index in [1.807, 2.05) is 62.4 Å². The summed E-state index contributed by atoms with van der Waals surface area (Å²) in [4.78, 5) is 8.98. The lowest BCUT2D eigenvalue weighted by atomic mass is 9.99. The van der Waals surface area contributed by atoms with Gasteiger partial charge in [-0.15, -0.1) is 0 Å². The monoisotopic (exact) mass is 381 g/mol. The van der Waals surface area contributed by atoms with Crippen LogP contribution in [-0.4, -0.2) is 9.97 Å². The Labute approximate surface area is 174 Å². The maximum atomic E-state index is 8.85. The van der Waals surface area contributed by atoms with Crippen LogP contribution in [0.4, 0.5) is 0 Å². The van der Waals surface area contributed by atoms with Crippen molar-refractivity contribution in [1.82, 2.24) is 9.97 Å². The normalized spacial score (nSPS) is 13.9. The zero-order valence-electron chi connectivity index (χ0n) is 19.3. The van der Waals surface area contributed by atoms with Gasteiger partial charge in [0.05, 0.1) is 16.8 Å². The van der Waals surface area contributed by atoms with Crippen molar-refractivity contribution < 1.29 is 8.53 Å². The van der Waals surface area contributed by atoms with Gasteiger partial charge in [0.15, 0.2) is 0 Å². The van der Waals surface area contributed by atoms with E-state index in [0.717, 1.165) is 16.5 Å². The first kappa shape index (κ1) is 14.5. The Bertz CT molecular complexity index is 1440. The van der Waals surface area contributed by atoms with Crippen molar-refractivity contribution in [1.29, 1.82) is 0 Å². The Morgan fingerprint density at radius 2 is 1.79 bits per heavy atom. The van der Waals surface area contributed by atoms with Gasteiger partial charge < -0.3 is 4.42 Å². The van der Waals surface area contributed by atoms with Crippen LogP contribution in [0.2, 0.25) is 0 Å². The molecule has 0 aliphatic carbocycles. The van der Waals surface area contributed by atoms with Crippen LogP contribution < -0.4 is 0 Å². The molecule has 0 radical (unpaired) electrons. The molecule has 0 bridgehead atoms. The van der Waals surface area contributed by atoms with E-state index in [9.17, 15) is 0 Å². The lowest BCUT2D eigenvalue weighted by Crippen LogP contribution is -1.92. The molecule has 0 amide bonds. The summed E-state index contributed by atoms with van der Waals surface area (Å²) in [7, 11) is 0. The second-order valence-corrected chi connectivity index (χ2v) is 7.24. The number of furan rings is 1. The molecule has 3 heteroatoms. The molecule has 2 aromatic carbocycles. The molecule has 5 rings (SSSR count). The number of hydrogen-bond donors (Lipinski definition) is 0. The fourth-order valence-corrected chi connectivity index (χ4v) is 3.59. The highest BCUT2D eigenvalue weighted by Crippen LogP contribution is 2.37. The predicted molar refractivity (Wildman–Crippen MR) is 118 cm³/mol. The van der Waals surface area contributed by atoms with E-state index in [1.54, 1.807) is 30.6 Å². The molecule has 0 atom stereocenters. The third-order valence-electron chi connectivity index (χ3n) is 5.06. The summed E-state index contributed by atoms with van der Waals surface area (Å²) >= 11 is 0. The van der Waals surface area contributed by atoms with Gasteiger partial charge in [-0.05, 0) is 41.3 Å². The first-order valence-corrected chi connectivity index (χ1v) is 9.60. The van der Waals surface area contributed by atoms with E-state index in [2.05, 4.69) is 9.97 Å². The van der Waals surface area contributed by atoms with Gasteiger partial charge in [0.2, 0.25) is 0 Å². The molecule has 0 fully saturated rings. The van der Waals surface area contributed by atoms with Crippen LogP contribution >= 0.6 is 0 Å². The third kappa shape index (κ3) is 3.19. The molecule has 0 aliphatic rings. The molecular weight excluding hydrogens is 356 g/mol. The topological polar surface area (TPSA) is 38.9 Å². The Kier molecular flexibility index (Phi) is 3.59. The fraction of sp³-hybridized carbons (Fsp3) is 0.154. The molecule has 3 aromatic heterocycles. The van der Waals surface area contributed by atoms with Crippen LogP contribution in [0.15, 0.2) is 83.5 Å². The summed E-state index contributed by atoms with van der Waals surface area (Å²) in [5.41, 5.74) is 4.45. The standard InChI is InChI=1S/C26H22N2O/c1-17(2)19-11-13-27-22(16-19)20-9-6-10-21-25-23(15-18-7-4-3-5-8-18)28-14-12-24(25)29-26(20)21/h3-14,16-17H,15H2,1-2H3/i15D2,17D. The number of para-hydroxylation sites is 1. The van der Waals surface area contributed by atoms with Gasteiger partial charge in [-0.25, -0.2) is 0 Å². The molecular formula is C26H22N2O. The zero-order valence-corrected chi connectivity index (χ0v) is 16.3. The van der Waals surface area contributed by atoms with Crippen molar-refractivity contribution in [2.75, 3.05) is 0 Å². The molecule has 5 aromatic rings. The van der Waals surface area contributed by atoms with Gasteiger partial charge in [0.1, 0.15) is 11.2 Å². The maximum absolute atomic E-state index is 8.85. The highest BCUT2D eigenvalue weighted by atomic mass is 16.3. The summed E-state index contributed by atoms with van der Waals surface area (Å²) in [6.07, 6.45) is 1.51. The second kappa shape index (κ2) is 7.17. The van der Waals surface area contributed by atoms with Gasteiger partial charge in [-0.2, -0.15) is 0 Å². The number of benzene rings is 2. The van der Waals surface area contributed by atoms with E-state index in [0.29, 0.717) is 33.5 Å². The smallest absolute Gasteiger partial charge is 0.144 e. The quantitative estimate of drug-likeness (QED) is 0.345. The summed E-state index contributed by atoms with van der Waals surface area (Å²) < 4.78 is 32.3. The molecule has 3 heterocycles. The molecule has 0 saturated carbocycles. The minimum absolute atomic E-state index is 0.325. The van der Waals surface area contributed by atoms with Crippen LogP contribution in [0.1, 0.15) is 40.7 Å². The first-order valence-electron chi connectivity index (χ1n) is 11.1. The van der Waals surface area contributed by atoms with Gasteiger partial charge in [0, 0.05) is 33.8 Å². The van der Waals surface area contributed by atoms with E-state index in [4.69, 9.17) is 8.53 Å². The molecule has 0 N–H and O–H groups in total. The molecule has 142 valence electrons. The summed E-state index contributed by atoms with van der Waals surface area (Å²) in [5.74, 6) is -0.748. The molecule has 0 unspecified atom stereocenters. The van der Waals surface area contributed by atoms with Gasteiger partial charge >= 0.3 is 0 Å². The number of hydrogen-bond acceptors (Lipinski definition) is 3. The Morgan fingerprint density at radius 1 is 0.966 bits per heavy atom. The maximum Gasteiger partial charge on any atom is 0.144 e. The molecule has 3 nitrogen and oxygen atoms in total. The van der Waals surface area contributed by atoms with Crippen LogP contribution in [0.25, 0.3) is 33.2 Å². The Morgan fingerprint density at radius 3 is 2.62 bits per heavy atom. The van der Waals surface area contributed by atoms with Crippen LogP contribution in [0, 0.1) is 0 Å². The molecule has 0 saturated heterocycles. The average molecular weight is 381 g/mol. The zero-order chi connectivity index (χ0) is 22.5. The van der Waals surface area contributed by atoms with E-state index in [1.165, 1.54) is 0 Å². The van der Waals surface area contributed by atoms with Crippen molar-refractivity contribution >= 4 is 21.9 Å². The molecule has 0 aliphatic heterocycles. The lowest BCUT2D eigenvalue weighted by Gasteiger charge is -2.08. The largest absolute Gasteiger partial charge is 0.455 e. The highest BCUT2D eigenvalue weighted by molar-refractivity contribution is 6.10. The van der Waals surface area contributed by atoms with E-state index >= 15 is 0 Å². The van der Waals surface area contributed by atoms with E-state index < -0.39 is 12.3 Å². The summed E-state index contributed by atoms with van der Waals surface area (Å²) in [6.45, 7) is 3.69. The predicted octanol–water partition coefficient (Wildman–Crippen LogP) is 6.76. The lowest BCUT2D eigenvalue weighted by molar-refractivity contribution is 0.669. The summed E-state index contributed by atoms with van der Waals surface area (Å²) in [5, 5.41) is 1.45. The SMILES string of the molecule is [2H]C(C)(C)c1ccnc(-c2cccc3c2oc2ccnc(C([2H])([2H])c4ccccc4)c23)c1. The fourth-order valence-electron chi connectivity index (χ4n) is 3.59. The molecule has 29 heavy (non-hydrogen) atoms. The third-order valence-corrected chi connectivity index (χ3v) is 5.06. The number of pyridine rings is 2. The van der Waals surface area contributed by atoms with Crippen LogP contribution in [-0.2, 0) is 6.37 Å². The minimum Gasteiger partial charge on any atom is -0.455 e. The van der Waals surface area contributed by atoms with Crippen molar-refractivity contribution in [3.05, 3.63) is 95.9 Å². The summed E-state index contributed by atoms with van der Waals surface area (Å²) in [6, 6.07) is 20.4. The van der Waals surface area contributed by atoms with Gasteiger partial charge in [-0.1, -0.05) is 56.3 Å².